The second-order valence-corrected chi connectivity index (χ2v) is 5.57. The van der Waals surface area contributed by atoms with E-state index in [1.807, 2.05) is 60.7 Å². The summed E-state index contributed by atoms with van der Waals surface area (Å²) < 4.78 is 16.8. The molecule has 4 nitrogen and oxygen atoms in total. The lowest BCUT2D eigenvalue weighted by Crippen LogP contribution is -2.29. The van der Waals surface area contributed by atoms with Crippen molar-refractivity contribution < 1.29 is 19.0 Å². The second kappa shape index (κ2) is 7.90. The van der Waals surface area contributed by atoms with E-state index in [1.165, 1.54) is 0 Å². The van der Waals surface area contributed by atoms with Crippen LogP contribution in [0.15, 0.2) is 60.7 Å². The summed E-state index contributed by atoms with van der Waals surface area (Å²) in [5.74, 6) is -0.226. The van der Waals surface area contributed by atoms with E-state index in [1.54, 1.807) is 0 Å². The van der Waals surface area contributed by atoms with Gasteiger partial charge in [-0.3, -0.25) is 4.79 Å². The Labute approximate surface area is 136 Å². The molecule has 0 bridgehead atoms. The highest BCUT2D eigenvalue weighted by molar-refractivity contribution is 5.72. The molecule has 4 heteroatoms. The van der Waals surface area contributed by atoms with Gasteiger partial charge in [-0.05, 0) is 11.1 Å². The van der Waals surface area contributed by atoms with Gasteiger partial charge in [0.05, 0.1) is 26.2 Å². The third-order valence-electron chi connectivity index (χ3n) is 3.77. The molecule has 1 saturated heterocycles. The number of hydrogen-bond donors (Lipinski definition) is 0. The van der Waals surface area contributed by atoms with Crippen molar-refractivity contribution in [3.63, 3.8) is 0 Å². The molecule has 0 unspecified atom stereocenters. The van der Waals surface area contributed by atoms with Gasteiger partial charge in [0.25, 0.3) is 0 Å². The van der Waals surface area contributed by atoms with Gasteiger partial charge in [0, 0.05) is 0 Å². The van der Waals surface area contributed by atoms with Crippen molar-refractivity contribution in [2.45, 2.75) is 31.8 Å². The fraction of sp³-hybridized carbons (Fsp3) is 0.316. The molecule has 2 aromatic carbocycles. The molecule has 0 N–H and O–H groups in total. The molecule has 0 aromatic heterocycles. The quantitative estimate of drug-likeness (QED) is 0.737. The zero-order valence-corrected chi connectivity index (χ0v) is 12.9. The van der Waals surface area contributed by atoms with E-state index in [0.29, 0.717) is 19.8 Å². The van der Waals surface area contributed by atoms with Crippen LogP contribution in [0, 0.1) is 0 Å². The van der Waals surface area contributed by atoms with Gasteiger partial charge in [0.1, 0.15) is 6.10 Å². The maximum atomic E-state index is 11.6. The Hall–Kier alpha value is -2.17. The van der Waals surface area contributed by atoms with Crippen molar-refractivity contribution in [3.8, 4) is 0 Å². The van der Waals surface area contributed by atoms with Crippen LogP contribution in [0.3, 0.4) is 0 Å². The Balaban J connectivity index is 1.48. The molecule has 0 aliphatic carbocycles. The summed E-state index contributed by atoms with van der Waals surface area (Å²) in [6.07, 6.45) is -0.306. The smallest absolute Gasteiger partial charge is 0.309 e. The molecule has 0 spiro atoms. The van der Waals surface area contributed by atoms with Crippen molar-refractivity contribution in [2.24, 2.45) is 0 Å². The second-order valence-electron chi connectivity index (χ2n) is 5.57. The van der Waals surface area contributed by atoms with Crippen molar-refractivity contribution in [3.05, 3.63) is 71.8 Å². The van der Waals surface area contributed by atoms with Gasteiger partial charge in [-0.1, -0.05) is 60.7 Å². The van der Waals surface area contributed by atoms with Gasteiger partial charge in [-0.2, -0.15) is 0 Å². The average molecular weight is 312 g/mol. The molecule has 0 radical (unpaired) electrons. The fourth-order valence-electron chi connectivity index (χ4n) is 2.54. The number of rotatable bonds is 7. The molecule has 0 saturated carbocycles. The fourth-order valence-corrected chi connectivity index (χ4v) is 2.54. The van der Waals surface area contributed by atoms with Gasteiger partial charge in [-0.25, -0.2) is 0 Å². The van der Waals surface area contributed by atoms with Gasteiger partial charge < -0.3 is 14.2 Å². The predicted molar refractivity (Wildman–Crippen MR) is 85.6 cm³/mol. The number of hydrogen-bond acceptors (Lipinski definition) is 4. The first kappa shape index (κ1) is 15.7. The SMILES string of the molecule is O=C1C[C@@H](OCc2ccccc2)[C@H](COCc2ccccc2)O1. The largest absolute Gasteiger partial charge is 0.457 e. The van der Waals surface area contributed by atoms with Crippen LogP contribution in [-0.4, -0.2) is 24.8 Å². The monoisotopic (exact) mass is 312 g/mol. The van der Waals surface area contributed by atoms with Crippen LogP contribution in [0.25, 0.3) is 0 Å². The zero-order chi connectivity index (χ0) is 15.9. The number of cyclic esters (lactones) is 1. The minimum Gasteiger partial charge on any atom is -0.457 e. The maximum absolute atomic E-state index is 11.6. The van der Waals surface area contributed by atoms with Crippen LogP contribution in [0.5, 0.6) is 0 Å². The van der Waals surface area contributed by atoms with E-state index in [-0.39, 0.29) is 24.6 Å². The third kappa shape index (κ3) is 4.65. The molecule has 1 fully saturated rings. The Bertz CT molecular complexity index is 612. The van der Waals surface area contributed by atoms with E-state index in [0.717, 1.165) is 11.1 Å². The van der Waals surface area contributed by atoms with Gasteiger partial charge in [-0.15, -0.1) is 0 Å². The molecule has 1 heterocycles. The van der Waals surface area contributed by atoms with Gasteiger partial charge >= 0.3 is 5.97 Å². The molecular weight excluding hydrogens is 292 g/mol. The molecule has 0 amide bonds. The Morgan fingerprint density at radius 3 is 2.17 bits per heavy atom. The van der Waals surface area contributed by atoms with E-state index in [2.05, 4.69) is 0 Å². The lowest BCUT2D eigenvalue weighted by molar-refractivity contribution is -0.144. The first-order chi connectivity index (χ1) is 11.3. The van der Waals surface area contributed by atoms with Crippen molar-refractivity contribution in [2.75, 3.05) is 6.61 Å². The number of benzene rings is 2. The molecule has 120 valence electrons. The van der Waals surface area contributed by atoms with Crippen LogP contribution in [0.2, 0.25) is 0 Å². The minimum absolute atomic E-state index is 0.226. The molecule has 1 aliphatic rings. The summed E-state index contributed by atoms with van der Waals surface area (Å²) in [5, 5.41) is 0. The third-order valence-corrected chi connectivity index (χ3v) is 3.77. The molecule has 2 atom stereocenters. The minimum atomic E-state index is -0.338. The molecule has 1 aliphatic heterocycles. The highest BCUT2D eigenvalue weighted by Crippen LogP contribution is 2.20. The topological polar surface area (TPSA) is 44.8 Å². The molecule has 3 rings (SSSR count). The average Bonchev–Trinajstić information content (AvgIpc) is 2.95. The lowest BCUT2D eigenvalue weighted by atomic mass is 10.2. The first-order valence-electron chi connectivity index (χ1n) is 7.78. The standard InChI is InChI=1S/C19H20O4/c20-19-11-17(22-13-16-9-5-2-6-10-16)18(23-19)14-21-12-15-7-3-1-4-8-15/h1-10,17-18H,11-14H2/t17-,18+/m1/s1. The van der Waals surface area contributed by atoms with E-state index < -0.39 is 0 Å². The van der Waals surface area contributed by atoms with Crippen LogP contribution < -0.4 is 0 Å². The lowest BCUT2D eigenvalue weighted by Gasteiger charge is -2.18. The summed E-state index contributed by atoms with van der Waals surface area (Å²) in [5.41, 5.74) is 2.18. The highest BCUT2D eigenvalue weighted by atomic mass is 16.6. The van der Waals surface area contributed by atoms with Crippen LogP contribution >= 0.6 is 0 Å². The van der Waals surface area contributed by atoms with Crippen molar-refractivity contribution >= 4 is 5.97 Å². The molecule has 2 aromatic rings. The summed E-state index contributed by atoms with van der Waals surface area (Å²) in [7, 11) is 0. The van der Waals surface area contributed by atoms with Gasteiger partial charge in [0.2, 0.25) is 0 Å². The molecular formula is C19H20O4. The predicted octanol–water partition coefficient (Wildman–Crippen LogP) is 3.10. The summed E-state index contributed by atoms with van der Waals surface area (Å²) in [6.45, 7) is 1.32. The Kier molecular flexibility index (Phi) is 5.40. The van der Waals surface area contributed by atoms with Crippen LogP contribution in [-0.2, 0) is 32.2 Å². The molecule has 23 heavy (non-hydrogen) atoms. The van der Waals surface area contributed by atoms with E-state index in [9.17, 15) is 4.79 Å². The zero-order valence-electron chi connectivity index (χ0n) is 12.9. The van der Waals surface area contributed by atoms with E-state index in [4.69, 9.17) is 14.2 Å². The number of carbonyl (C=O) groups excluding carboxylic acids is 1. The number of ether oxygens (including phenoxy) is 3. The summed E-state index contributed by atoms with van der Waals surface area (Å²) in [4.78, 5) is 11.6. The Morgan fingerprint density at radius 2 is 1.52 bits per heavy atom. The number of carbonyl (C=O) groups is 1. The van der Waals surface area contributed by atoms with Gasteiger partial charge in [0.15, 0.2) is 6.10 Å². The first-order valence-corrected chi connectivity index (χ1v) is 7.78. The normalized spacial score (nSPS) is 20.4. The summed E-state index contributed by atoms with van der Waals surface area (Å²) in [6, 6.07) is 19.8. The number of esters is 1. The summed E-state index contributed by atoms with van der Waals surface area (Å²) >= 11 is 0. The Morgan fingerprint density at radius 1 is 0.913 bits per heavy atom. The van der Waals surface area contributed by atoms with E-state index >= 15 is 0 Å². The van der Waals surface area contributed by atoms with Crippen molar-refractivity contribution in [1.29, 1.82) is 0 Å². The highest BCUT2D eigenvalue weighted by Gasteiger charge is 2.35. The van der Waals surface area contributed by atoms with Crippen LogP contribution in [0.4, 0.5) is 0 Å². The maximum Gasteiger partial charge on any atom is 0.309 e. The van der Waals surface area contributed by atoms with Crippen LogP contribution in [0.1, 0.15) is 17.5 Å². The van der Waals surface area contributed by atoms with Crippen molar-refractivity contribution in [1.82, 2.24) is 0 Å².